The highest BCUT2D eigenvalue weighted by atomic mass is 16.5. The van der Waals surface area contributed by atoms with Crippen molar-refractivity contribution in [3.05, 3.63) is 0 Å². The lowest BCUT2D eigenvalue weighted by atomic mass is 10.1. The number of carbonyl (C=O) groups excluding carboxylic acids is 2. The van der Waals surface area contributed by atoms with Crippen molar-refractivity contribution in [2.75, 3.05) is 13.2 Å². The third-order valence-corrected chi connectivity index (χ3v) is 1.81. The summed E-state index contributed by atoms with van der Waals surface area (Å²) in [6, 6.07) is 0. The van der Waals surface area contributed by atoms with Gasteiger partial charge in [0.2, 0.25) is 0 Å². The van der Waals surface area contributed by atoms with Crippen LogP contribution in [0.1, 0.15) is 26.7 Å². The minimum absolute atomic E-state index is 0.208. The lowest BCUT2D eigenvalue weighted by Crippen LogP contribution is -2.31. The molecule has 2 N–H and O–H groups in total. The summed E-state index contributed by atoms with van der Waals surface area (Å²) in [5.74, 6) is -1.23. The molecule has 0 amide bonds. The van der Waals surface area contributed by atoms with Gasteiger partial charge in [-0.3, -0.25) is 9.59 Å². The summed E-state index contributed by atoms with van der Waals surface area (Å²) in [5.41, 5.74) is 0. The summed E-state index contributed by atoms with van der Waals surface area (Å²) in [6.45, 7) is 3.69. The van der Waals surface area contributed by atoms with E-state index in [1.807, 2.05) is 0 Å². The topological polar surface area (TPSA) is 93.1 Å². The van der Waals surface area contributed by atoms with Crippen LogP contribution in [0.25, 0.3) is 0 Å². The number of hydrogen-bond acceptors (Lipinski definition) is 6. The van der Waals surface area contributed by atoms with Gasteiger partial charge in [0.15, 0.2) is 0 Å². The van der Waals surface area contributed by atoms with Gasteiger partial charge in [-0.2, -0.15) is 0 Å². The number of hydrogen-bond donors (Lipinski definition) is 2. The van der Waals surface area contributed by atoms with Crippen molar-refractivity contribution >= 4 is 11.9 Å². The molecule has 0 bridgehead atoms. The lowest BCUT2D eigenvalue weighted by molar-refractivity contribution is -0.152. The second kappa shape index (κ2) is 8.06. The Morgan fingerprint density at radius 2 is 1.25 bits per heavy atom. The largest absolute Gasteiger partial charge is 0.466 e. The van der Waals surface area contributed by atoms with Crippen molar-refractivity contribution in [1.82, 2.24) is 0 Å². The number of carbonyl (C=O) groups is 2. The van der Waals surface area contributed by atoms with E-state index in [1.54, 1.807) is 13.8 Å². The van der Waals surface area contributed by atoms with Crippen molar-refractivity contribution in [2.45, 2.75) is 38.9 Å². The fourth-order valence-corrected chi connectivity index (χ4v) is 1.05. The first-order valence-electron chi connectivity index (χ1n) is 5.18. The molecule has 0 aromatic rings. The fraction of sp³-hybridized carbons (Fsp3) is 0.800. The Labute approximate surface area is 94.2 Å². The van der Waals surface area contributed by atoms with Gasteiger partial charge >= 0.3 is 11.9 Å². The first-order valence-corrected chi connectivity index (χ1v) is 5.18. The van der Waals surface area contributed by atoms with E-state index >= 15 is 0 Å². The minimum Gasteiger partial charge on any atom is -0.466 e. The molecule has 0 aliphatic heterocycles. The smallest absolute Gasteiger partial charge is 0.308 e. The molecule has 2 atom stereocenters. The van der Waals surface area contributed by atoms with Gasteiger partial charge in [0, 0.05) is 0 Å². The maximum Gasteiger partial charge on any atom is 0.308 e. The average molecular weight is 234 g/mol. The average Bonchev–Trinajstić information content (AvgIpc) is 2.17. The summed E-state index contributed by atoms with van der Waals surface area (Å²) >= 11 is 0. The van der Waals surface area contributed by atoms with Crippen LogP contribution >= 0.6 is 0 Å². The third kappa shape index (κ3) is 6.36. The monoisotopic (exact) mass is 234 g/mol. The van der Waals surface area contributed by atoms with Crippen LogP contribution in [0.5, 0.6) is 0 Å². The molecule has 0 aromatic carbocycles. The molecule has 2 unspecified atom stereocenters. The van der Waals surface area contributed by atoms with Crippen molar-refractivity contribution in [2.24, 2.45) is 0 Å². The maximum absolute atomic E-state index is 11.0. The minimum atomic E-state index is -1.32. The molecule has 94 valence electrons. The highest BCUT2D eigenvalue weighted by Gasteiger charge is 2.23. The zero-order valence-electron chi connectivity index (χ0n) is 9.51. The SMILES string of the molecule is CCOC(=O)CC(O)C(O)CC(=O)OCC. The van der Waals surface area contributed by atoms with Crippen molar-refractivity contribution < 1.29 is 29.3 Å². The number of aliphatic hydroxyl groups excluding tert-OH is 2. The molecule has 0 saturated carbocycles. The molecule has 16 heavy (non-hydrogen) atoms. The van der Waals surface area contributed by atoms with Crippen molar-refractivity contribution in [3.8, 4) is 0 Å². The molecule has 0 aliphatic carbocycles. The second-order valence-electron chi connectivity index (χ2n) is 3.15. The Morgan fingerprint density at radius 3 is 1.50 bits per heavy atom. The van der Waals surface area contributed by atoms with Gasteiger partial charge in [-0.25, -0.2) is 0 Å². The Hall–Kier alpha value is -1.14. The lowest BCUT2D eigenvalue weighted by Gasteiger charge is -2.15. The number of aliphatic hydroxyl groups is 2. The summed E-state index contributed by atoms with van der Waals surface area (Å²) < 4.78 is 9.18. The van der Waals surface area contributed by atoms with E-state index in [0.717, 1.165) is 0 Å². The molecule has 0 rings (SSSR count). The van der Waals surface area contributed by atoms with Gasteiger partial charge < -0.3 is 19.7 Å². The molecule has 0 saturated heterocycles. The third-order valence-electron chi connectivity index (χ3n) is 1.81. The predicted octanol–water partition coefficient (Wildman–Crippen LogP) is -0.385. The fourth-order valence-electron chi connectivity index (χ4n) is 1.05. The molecular formula is C10H18O6. The molecular weight excluding hydrogens is 216 g/mol. The Bertz CT molecular complexity index is 203. The van der Waals surface area contributed by atoms with E-state index < -0.39 is 24.1 Å². The number of rotatable bonds is 7. The molecule has 0 spiro atoms. The zero-order valence-corrected chi connectivity index (χ0v) is 9.51. The molecule has 0 fully saturated rings. The van der Waals surface area contributed by atoms with Crippen LogP contribution in [0, 0.1) is 0 Å². The highest BCUT2D eigenvalue weighted by Crippen LogP contribution is 2.06. The molecule has 0 aromatic heterocycles. The predicted molar refractivity (Wildman–Crippen MR) is 54.5 cm³/mol. The van der Waals surface area contributed by atoms with Gasteiger partial charge in [-0.15, -0.1) is 0 Å². The van der Waals surface area contributed by atoms with Gasteiger partial charge in [0.05, 0.1) is 38.3 Å². The van der Waals surface area contributed by atoms with Crippen LogP contribution < -0.4 is 0 Å². The van der Waals surface area contributed by atoms with Gasteiger partial charge in [0.25, 0.3) is 0 Å². The Kier molecular flexibility index (Phi) is 7.49. The molecule has 6 heteroatoms. The number of esters is 2. The van der Waals surface area contributed by atoms with Crippen LogP contribution in [0.3, 0.4) is 0 Å². The van der Waals surface area contributed by atoms with Gasteiger partial charge in [-0.1, -0.05) is 0 Å². The van der Waals surface area contributed by atoms with Crippen LogP contribution in [-0.2, 0) is 19.1 Å². The summed E-state index contributed by atoms with van der Waals surface area (Å²) in [7, 11) is 0. The summed E-state index contributed by atoms with van der Waals surface area (Å²) in [4.78, 5) is 21.9. The first-order chi connectivity index (χ1) is 7.51. The van der Waals surface area contributed by atoms with Crippen LogP contribution in [0.4, 0.5) is 0 Å². The quantitative estimate of drug-likeness (QED) is 0.583. The highest BCUT2D eigenvalue weighted by molar-refractivity contribution is 5.71. The molecule has 0 heterocycles. The second-order valence-corrected chi connectivity index (χ2v) is 3.15. The van der Waals surface area contributed by atoms with E-state index in [1.165, 1.54) is 0 Å². The van der Waals surface area contributed by atoms with Crippen LogP contribution in [0.15, 0.2) is 0 Å². The zero-order chi connectivity index (χ0) is 12.6. The van der Waals surface area contributed by atoms with E-state index in [9.17, 15) is 19.8 Å². The van der Waals surface area contributed by atoms with Crippen molar-refractivity contribution in [1.29, 1.82) is 0 Å². The Balaban J connectivity index is 3.93. The van der Waals surface area contributed by atoms with E-state index in [-0.39, 0.29) is 26.1 Å². The van der Waals surface area contributed by atoms with E-state index in [2.05, 4.69) is 9.47 Å². The van der Waals surface area contributed by atoms with Crippen molar-refractivity contribution in [3.63, 3.8) is 0 Å². The molecule has 0 aliphatic rings. The first kappa shape index (κ1) is 14.9. The standard InChI is InChI=1S/C10H18O6/c1-3-15-9(13)5-7(11)8(12)6-10(14)16-4-2/h7-8,11-12H,3-6H2,1-2H3. The summed E-state index contributed by atoms with van der Waals surface area (Å²) in [6.07, 6.45) is -3.31. The van der Waals surface area contributed by atoms with Gasteiger partial charge in [0.1, 0.15) is 0 Å². The van der Waals surface area contributed by atoms with E-state index in [4.69, 9.17) is 0 Å². The van der Waals surface area contributed by atoms with Crippen LogP contribution in [0.2, 0.25) is 0 Å². The van der Waals surface area contributed by atoms with Crippen LogP contribution in [-0.4, -0.2) is 47.6 Å². The molecule has 6 nitrogen and oxygen atoms in total. The normalized spacial score (nSPS) is 14.0. The van der Waals surface area contributed by atoms with E-state index in [0.29, 0.717) is 0 Å². The van der Waals surface area contributed by atoms with Gasteiger partial charge in [-0.05, 0) is 13.8 Å². The summed E-state index contributed by atoms with van der Waals surface area (Å²) in [5, 5.41) is 18.7. The Morgan fingerprint density at radius 1 is 0.938 bits per heavy atom. The maximum atomic E-state index is 11.0. The molecule has 0 radical (unpaired) electrons. The number of ether oxygens (including phenoxy) is 2.